The number of unbranched alkanes of at least 4 members (excludes halogenated alkanes) is 3. The molecule has 0 radical (unpaired) electrons. The predicted octanol–water partition coefficient (Wildman–Crippen LogP) is 3.39. The SMILES string of the molecule is CCCCCCNc1nc(NC)c(F)cc1F. The molecule has 1 aromatic heterocycles. The lowest BCUT2D eigenvalue weighted by molar-refractivity contribution is 0.577. The summed E-state index contributed by atoms with van der Waals surface area (Å²) in [7, 11) is 1.55. The van der Waals surface area contributed by atoms with Gasteiger partial charge in [-0.05, 0) is 6.42 Å². The summed E-state index contributed by atoms with van der Waals surface area (Å²) in [5, 5.41) is 5.46. The number of hydrogen-bond donors (Lipinski definition) is 2. The standard InChI is InChI=1S/C12H19F2N3/c1-3-4-5-6-7-16-12-10(14)8-9(13)11(15-2)17-12/h8H,3-7H2,1-2H3,(H2,15,16,17). The molecule has 1 rings (SSSR count). The Morgan fingerprint density at radius 1 is 1.12 bits per heavy atom. The van der Waals surface area contributed by atoms with Crippen molar-refractivity contribution >= 4 is 11.6 Å². The van der Waals surface area contributed by atoms with Gasteiger partial charge < -0.3 is 10.6 Å². The molecule has 0 aliphatic rings. The summed E-state index contributed by atoms with van der Waals surface area (Å²) < 4.78 is 26.5. The van der Waals surface area contributed by atoms with Gasteiger partial charge in [0.2, 0.25) is 0 Å². The van der Waals surface area contributed by atoms with Gasteiger partial charge in [-0.2, -0.15) is 0 Å². The Balaban J connectivity index is 2.52. The van der Waals surface area contributed by atoms with Crippen LogP contribution in [0.5, 0.6) is 0 Å². The summed E-state index contributed by atoms with van der Waals surface area (Å²) in [5.41, 5.74) is 0. The van der Waals surface area contributed by atoms with Gasteiger partial charge in [-0.25, -0.2) is 13.8 Å². The molecule has 0 aliphatic carbocycles. The average molecular weight is 243 g/mol. The van der Waals surface area contributed by atoms with E-state index in [0.29, 0.717) is 6.54 Å². The first-order valence-corrected chi connectivity index (χ1v) is 5.96. The molecule has 0 aromatic carbocycles. The van der Waals surface area contributed by atoms with Crippen LogP contribution in [-0.4, -0.2) is 18.6 Å². The molecule has 0 bridgehead atoms. The van der Waals surface area contributed by atoms with Gasteiger partial charge in [-0.15, -0.1) is 0 Å². The highest BCUT2D eigenvalue weighted by Crippen LogP contribution is 2.18. The number of rotatable bonds is 7. The maximum absolute atomic E-state index is 13.3. The highest BCUT2D eigenvalue weighted by atomic mass is 19.1. The van der Waals surface area contributed by atoms with Crippen LogP contribution in [0, 0.1) is 11.6 Å². The molecular weight excluding hydrogens is 224 g/mol. The Kier molecular flexibility index (Phi) is 5.66. The first-order valence-electron chi connectivity index (χ1n) is 5.96. The fourth-order valence-corrected chi connectivity index (χ4v) is 1.52. The largest absolute Gasteiger partial charge is 0.371 e. The average Bonchev–Trinajstić information content (AvgIpc) is 2.31. The summed E-state index contributed by atoms with van der Waals surface area (Å²) in [5.74, 6) is -1.17. The zero-order valence-corrected chi connectivity index (χ0v) is 10.3. The van der Waals surface area contributed by atoms with Crippen molar-refractivity contribution in [3.8, 4) is 0 Å². The van der Waals surface area contributed by atoms with E-state index in [2.05, 4.69) is 22.5 Å². The van der Waals surface area contributed by atoms with E-state index < -0.39 is 11.6 Å². The first kappa shape index (κ1) is 13.7. The van der Waals surface area contributed by atoms with Gasteiger partial charge in [0.15, 0.2) is 23.3 Å². The number of anilines is 2. The molecule has 17 heavy (non-hydrogen) atoms. The van der Waals surface area contributed by atoms with E-state index in [1.807, 2.05) is 0 Å². The molecule has 3 nitrogen and oxygen atoms in total. The molecular formula is C12H19F2N3. The van der Waals surface area contributed by atoms with Gasteiger partial charge in [0.25, 0.3) is 0 Å². The molecule has 0 unspecified atom stereocenters. The molecule has 2 N–H and O–H groups in total. The molecule has 0 spiro atoms. The molecule has 1 aromatic rings. The third-order valence-corrected chi connectivity index (χ3v) is 2.49. The molecule has 1 heterocycles. The summed E-state index contributed by atoms with van der Waals surface area (Å²) in [4.78, 5) is 3.84. The molecule has 0 aliphatic heterocycles. The number of pyridine rings is 1. The van der Waals surface area contributed by atoms with Crippen LogP contribution in [-0.2, 0) is 0 Å². The van der Waals surface area contributed by atoms with E-state index in [9.17, 15) is 8.78 Å². The molecule has 96 valence electrons. The van der Waals surface area contributed by atoms with Crippen LogP contribution in [0.1, 0.15) is 32.6 Å². The number of nitrogens with one attached hydrogen (secondary N) is 2. The van der Waals surface area contributed by atoms with Crippen LogP contribution in [0.15, 0.2) is 6.07 Å². The highest BCUT2D eigenvalue weighted by Gasteiger charge is 2.09. The first-order chi connectivity index (χ1) is 8.19. The molecule has 0 fully saturated rings. The van der Waals surface area contributed by atoms with Gasteiger partial charge in [-0.3, -0.25) is 0 Å². The van der Waals surface area contributed by atoms with Crippen molar-refractivity contribution in [2.75, 3.05) is 24.2 Å². The minimum atomic E-state index is -0.679. The fraction of sp³-hybridized carbons (Fsp3) is 0.583. The third kappa shape index (κ3) is 4.17. The van der Waals surface area contributed by atoms with Crippen molar-refractivity contribution < 1.29 is 8.78 Å². The second-order valence-electron chi connectivity index (χ2n) is 3.89. The van der Waals surface area contributed by atoms with Crippen LogP contribution >= 0.6 is 0 Å². The van der Waals surface area contributed by atoms with E-state index in [1.54, 1.807) is 7.05 Å². The normalized spacial score (nSPS) is 10.4. The van der Waals surface area contributed by atoms with Crippen molar-refractivity contribution in [1.29, 1.82) is 0 Å². The molecule has 0 amide bonds. The Morgan fingerprint density at radius 3 is 2.47 bits per heavy atom. The molecule has 0 saturated heterocycles. The second-order valence-corrected chi connectivity index (χ2v) is 3.89. The van der Waals surface area contributed by atoms with Crippen molar-refractivity contribution in [2.45, 2.75) is 32.6 Å². The van der Waals surface area contributed by atoms with Crippen LogP contribution in [0.25, 0.3) is 0 Å². The van der Waals surface area contributed by atoms with E-state index in [1.165, 1.54) is 6.42 Å². The van der Waals surface area contributed by atoms with E-state index in [0.717, 1.165) is 25.3 Å². The van der Waals surface area contributed by atoms with Crippen LogP contribution in [0.2, 0.25) is 0 Å². The number of nitrogens with zero attached hydrogens (tertiary/aromatic N) is 1. The van der Waals surface area contributed by atoms with Crippen LogP contribution in [0.4, 0.5) is 20.4 Å². The van der Waals surface area contributed by atoms with E-state index >= 15 is 0 Å². The Hall–Kier alpha value is -1.39. The summed E-state index contributed by atoms with van der Waals surface area (Å²) >= 11 is 0. The zero-order chi connectivity index (χ0) is 12.7. The monoisotopic (exact) mass is 243 g/mol. The third-order valence-electron chi connectivity index (χ3n) is 2.49. The van der Waals surface area contributed by atoms with Crippen molar-refractivity contribution in [3.63, 3.8) is 0 Å². The van der Waals surface area contributed by atoms with Gasteiger partial charge in [0, 0.05) is 19.7 Å². The van der Waals surface area contributed by atoms with Crippen LogP contribution < -0.4 is 10.6 Å². The maximum atomic E-state index is 13.3. The van der Waals surface area contributed by atoms with Crippen molar-refractivity contribution in [1.82, 2.24) is 4.98 Å². The van der Waals surface area contributed by atoms with Crippen LogP contribution in [0.3, 0.4) is 0 Å². The predicted molar refractivity (Wildman–Crippen MR) is 66.3 cm³/mol. The fourth-order valence-electron chi connectivity index (χ4n) is 1.52. The number of hydrogen-bond acceptors (Lipinski definition) is 3. The topological polar surface area (TPSA) is 37.0 Å². The minimum absolute atomic E-state index is 0.0578. The van der Waals surface area contributed by atoms with Gasteiger partial charge in [0.05, 0.1) is 0 Å². The van der Waals surface area contributed by atoms with Gasteiger partial charge in [0.1, 0.15) is 0 Å². The lowest BCUT2D eigenvalue weighted by Gasteiger charge is -2.09. The quantitative estimate of drug-likeness (QED) is 0.721. The Morgan fingerprint density at radius 2 is 1.82 bits per heavy atom. The molecule has 0 saturated carbocycles. The lowest BCUT2D eigenvalue weighted by Crippen LogP contribution is -2.08. The number of aromatic nitrogens is 1. The Labute approximate surface area is 101 Å². The smallest absolute Gasteiger partial charge is 0.168 e. The van der Waals surface area contributed by atoms with E-state index in [-0.39, 0.29) is 11.6 Å². The summed E-state index contributed by atoms with van der Waals surface area (Å²) in [6.07, 6.45) is 4.39. The lowest BCUT2D eigenvalue weighted by atomic mass is 10.2. The van der Waals surface area contributed by atoms with Gasteiger partial charge >= 0.3 is 0 Å². The van der Waals surface area contributed by atoms with Gasteiger partial charge in [-0.1, -0.05) is 26.2 Å². The summed E-state index contributed by atoms with van der Waals surface area (Å²) in [6.45, 7) is 2.78. The summed E-state index contributed by atoms with van der Waals surface area (Å²) in [6, 6.07) is 0.840. The second kappa shape index (κ2) is 7.04. The highest BCUT2D eigenvalue weighted by molar-refractivity contribution is 5.47. The Bertz CT molecular complexity index is 356. The van der Waals surface area contributed by atoms with Crippen molar-refractivity contribution in [2.24, 2.45) is 0 Å². The maximum Gasteiger partial charge on any atom is 0.168 e. The van der Waals surface area contributed by atoms with Crippen molar-refractivity contribution in [3.05, 3.63) is 17.7 Å². The minimum Gasteiger partial charge on any atom is -0.371 e. The zero-order valence-electron chi connectivity index (χ0n) is 10.3. The molecule has 0 atom stereocenters. The van der Waals surface area contributed by atoms with E-state index in [4.69, 9.17) is 0 Å². The number of halogens is 2. The molecule has 5 heteroatoms.